The zero-order chi connectivity index (χ0) is 15.1. The lowest BCUT2D eigenvalue weighted by Crippen LogP contribution is -2.19. The highest BCUT2D eigenvalue weighted by Gasteiger charge is 2.11. The van der Waals surface area contributed by atoms with Crippen LogP contribution in [0.4, 0.5) is 0 Å². The summed E-state index contributed by atoms with van der Waals surface area (Å²) in [7, 11) is 1.72. The van der Waals surface area contributed by atoms with Gasteiger partial charge in [-0.05, 0) is 24.6 Å². The summed E-state index contributed by atoms with van der Waals surface area (Å²) >= 11 is 3.52. The smallest absolute Gasteiger partial charge is 0.0660 e. The largest absolute Gasteiger partial charge is 0.383 e. The second kappa shape index (κ2) is 8.32. The number of aromatic nitrogens is 2. The van der Waals surface area contributed by atoms with E-state index in [0.717, 1.165) is 42.7 Å². The minimum Gasteiger partial charge on any atom is -0.383 e. The lowest BCUT2D eigenvalue weighted by molar-refractivity contribution is 0.199. The van der Waals surface area contributed by atoms with Crippen molar-refractivity contribution >= 4 is 15.9 Å². The van der Waals surface area contributed by atoms with Crippen molar-refractivity contribution in [2.75, 3.05) is 20.3 Å². The molecular weight excluding hydrogens is 330 g/mol. The molecule has 0 aliphatic carbocycles. The highest BCUT2D eigenvalue weighted by atomic mass is 79.9. The first kappa shape index (κ1) is 16.2. The molecule has 1 N–H and O–H groups in total. The summed E-state index contributed by atoms with van der Waals surface area (Å²) in [6.07, 6.45) is 4.09. The molecular formula is C16H22BrN3O. The SMILES string of the molecule is CCCc1c(CNCCOC)cnn1-c1cccc(Br)c1. The summed E-state index contributed by atoms with van der Waals surface area (Å²) in [5.41, 5.74) is 3.63. The number of benzene rings is 1. The Kier molecular flexibility index (Phi) is 6.42. The molecule has 1 heterocycles. The van der Waals surface area contributed by atoms with Crippen LogP contribution in [0, 0.1) is 0 Å². The number of halogens is 1. The van der Waals surface area contributed by atoms with Gasteiger partial charge >= 0.3 is 0 Å². The first-order chi connectivity index (χ1) is 10.3. The standard InChI is InChI=1S/C16H22BrN3O/c1-3-5-16-13(11-18-8-9-21-2)12-19-20(16)15-7-4-6-14(17)10-15/h4,6-7,10,12,18H,3,5,8-9,11H2,1-2H3. The van der Waals surface area contributed by atoms with E-state index in [1.54, 1.807) is 7.11 Å². The van der Waals surface area contributed by atoms with Gasteiger partial charge in [-0.3, -0.25) is 0 Å². The molecule has 1 aromatic carbocycles. The Morgan fingerprint density at radius 1 is 1.38 bits per heavy atom. The molecule has 0 aliphatic heterocycles. The summed E-state index contributed by atoms with van der Waals surface area (Å²) in [5.74, 6) is 0. The van der Waals surface area contributed by atoms with Crippen LogP contribution < -0.4 is 5.32 Å². The Labute approximate surface area is 134 Å². The molecule has 4 nitrogen and oxygen atoms in total. The molecule has 2 aromatic rings. The maximum absolute atomic E-state index is 5.06. The first-order valence-corrected chi connectivity index (χ1v) is 8.07. The Bertz CT molecular complexity index is 568. The highest BCUT2D eigenvalue weighted by molar-refractivity contribution is 9.10. The number of nitrogens with one attached hydrogen (secondary N) is 1. The number of hydrogen-bond acceptors (Lipinski definition) is 3. The predicted octanol–water partition coefficient (Wildman–Crippen LogP) is 3.32. The number of nitrogens with zero attached hydrogens (tertiary/aromatic N) is 2. The van der Waals surface area contributed by atoms with Gasteiger partial charge in [-0.15, -0.1) is 0 Å². The number of methoxy groups -OCH3 is 1. The van der Waals surface area contributed by atoms with Gasteiger partial charge in [0.25, 0.3) is 0 Å². The van der Waals surface area contributed by atoms with E-state index in [0.29, 0.717) is 0 Å². The van der Waals surface area contributed by atoms with E-state index in [9.17, 15) is 0 Å². The number of hydrogen-bond donors (Lipinski definition) is 1. The van der Waals surface area contributed by atoms with Crippen molar-refractivity contribution in [2.24, 2.45) is 0 Å². The third-order valence-corrected chi connectivity index (χ3v) is 3.79. The summed E-state index contributed by atoms with van der Waals surface area (Å²) in [6.45, 7) is 4.60. The molecule has 21 heavy (non-hydrogen) atoms. The topological polar surface area (TPSA) is 39.1 Å². The van der Waals surface area contributed by atoms with Gasteiger partial charge in [0.15, 0.2) is 0 Å². The van der Waals surface area contributed by atoms with Crippen molar-refractivity contribution in [3.8, 4) is 5.69 Å². The van der Waals surface area contributed by atoms with E-state index in [1.165, 1.54) is 11.3 Å². The van der Waals surface area contributed by atoms with Gasteiger partial charge in [-0.1, -0.05) is 35.3 Å². The van der Waals surface area contributed by atoms with Crippen LogP contribution in [0.5, 0.6) is 0 Å². The molecule has 0 saturated heterocycles. The fraction of sp³-hybridized carbons (Fsp3) is 0.438. The molecule has 0 spiro atoms. The summed E-state index contributed by atoms with van der Waals surface area (Å²) in [6, 6.07) is 8.24. The van der Waals surface area contributed by atoms with Gasteiger partial charge in [0.2, 0.25) is 0 Å². The van der Waals surface area contributed by atoms with Crippen molar-refractivity contribution in [1.82, 2.24) is 15.1 Å². The molecule has 0 fully saturated rings. The van der Waals surface area contributed by atoms with Crippen LogP contribution in [0.1, 0.15) is 24.6 Å². The molecule has 0 radical (unpaired) electrons. The predicted molar refractivity (Wildman–Crippen MR) is 88.8 cm³/mol. The van der Waals surface area contributed by atoms with E-state index < -0.39 is 0 Å². The molecule has 1 aromatic heterocycles. The fourth-order valence-electron chi connectivity index (χ4n) is 2.29. The molecule has 0 amide bonds. The molecule has 114 valence electrons. The van der Waals surface area contributed by atoms with Gasteiger partial charge < -0.3 is 10.1 Å². The minimum atomic E-state index is 0.725. The molecule has 0 saturated carbocycles. The third kappa shape index (κ3) is 4.40. The van der Waals surface area contributed by atoms with E-state index in [4.69, 9.17) is 4.74 Å². The van der Waals surface area contributed by atoms with Crippen LogP contribution in [0.15, 0.2) is 34.9 Å². The fourth-order valence-corrected chi connectivity index (χ4v) is 2.67. The monoisotopic (exact) mass is 351 g/mol. The number of ether oxygens (including phenoxy) is 1. The van der Waals surface area contributed by atoms with Crippen molar-refractivity contribution in [1.29, 1.82) is 0 Å². The van der Waals surface area contributed by atoms with Crippen molar-refractivity contribution in [2.45, 2.75) is 26.3 Å². The zero-order valence-electron chi connectivity index (χ0n) is 12.6. The minimum absolute atomic E-state index is 0.725. The molecule has 0 aliphatic rings. The lowest BCUT2D eigenvalue weighted by Gasteiger charge is -2.10. The second-order valence-corrected chi connectivity index (χ2v) is 5.84. The zero-order valence-corrected chi connectivity index (χ0v) is 14.2. The quantitative estimate of drug-likeness (QED) is 0.741. The highest BCUT2D eigenvalue weighted by Crippen LogP contribution is 2.20. The Morgan fingerprint density at radius 2 is 2.24 bits per heavy atom. The lowest BCUT2D eigenvalue weighted by atomic mass is 10.1. The average Bonchev–Trinajstić information content (AvgIpc) is 2.87. The summed E-state index contributed by atoms with van der Waals surface area (Å²) in [5, 5.41) is 7.96. The molecule has 0 atom stereocenters. The third-order valence-electron chi connectivity index (χ3n) is 3.29. The average molecular weight is 352 g/mol. The maximum atomic E-state index is 5.06. The molecule has 2 rings (SSSR count). The summed E-state index contributed by atoms with van der Waals surface area (Å²) < 4.78 is 8.17. The second-order valence-electron chi connectivity index (χ2n) is 4.93. The van der Waals surface area contributed by atoms with Gasteiger partial charge in [0.1, 0.15) is 0 Å². The van der Waals surface area contributed by atoms with Crippen LogP contribution in [0.3, 0.4) is 0 Å². The van der Waals surface area contributed by atoms with E-state index >= 15 is 0 Å². The number of rotatable bonds is 8. The molecule has 0 bridgehead atoms. The summed E-state index contributed by atoms with van der Waals surface area (Å²) in [4.78, 5) is 0. The van der Waals surface area contributed by atoms with Crippen LogP contribution in [0.25, 0.3) is 5.69 Å². The van der Waals surface area contributed by atoms with E-state index in [-0.39, 0.29) is 0 Å². The maximum Gasteiger partial charge on any atom is 0.0660 e. The Balaban J connectivity index is 2.20. The van der Waals surface area contributed by atoms with Crippen LogP contribution in [0.2, 0.25) is 0 Å². The van der Waals surface area contributed by atoms with E-state index in [2.05, 4.69) is 45.4 Å². The van der Waals surface area contributed by atoms with E-state index in [1.807, 2.05) is 23.0 Å². The van der Waals surface area contributed by atoms with Crippen molar-refractivity contribution in [3.05, 3.63) is 46.2 Å². The van der Waals surface area contributed by atoms with Gasteiger partial charge in [-0.2, -0.15) is 5.10 Å². The Hall–Kier alpha value is -1.17. The van der Waals surface area contributed by atoms with Crippen LogP contribution >= 0.6 is 15.9 Å². The van der Waals surface area contributed by atoms with Gasteiger partial charge in [-0.25, -0.2) is 4.68 Å². The van der Waals surface area contributed by atoms with Crippen LogP contribution in [-0.4, -0.2) is 30.0 Å². The molecule has 0 unspecified atom stereocenters. The first-order valence-electron chi connectivity index (χ1n) is 7.27. The van der Waals surface area contributed by atoms with Crippen molar-refractivity contribution in [3.63, 3.8) is 0 Å². The van der Waals surface area contributed by atoms with Gasteiger partial charge in [0.05, 0.1) is 18.5 Å². The van der Waals surface area contributed by atoms with Crippen molar-refractivity contribution < 1.29 is 4.74 Å². The van der Waals surface area contributed by atoms with Gasteiger partial charge in [0, 0.05) is 35.9 Å². The molecule has 5 heteroatoms. The van der Waals surface area contributed by atoms with Crippen LogP contribution in [-0.2, 0) is 17.7 Å². The normalized spacial score (nSPS) is 11.0. The Morgan fingerprint density at radius 3 is 2.95 bits per heavy atom.